The second-order valence-electron chi connectivity index (χ2n) is 6.84. The monoisotopic (exact) mass is 290 g/mol. The standard InChI is InChI=1S/C17H30N4/c1-14-16(10-13-20-11-6-3-7-12-20)17(18)19-21(14)15-8-4-2-5-9-15/h15H,2-13H2,1H3,(H2,18,19). The van der Waals surface area contributed by atoms with Gasteiger partial charge in [0.1, 0.15) is 5.82 Å². The Morgan fingerprint density at radius 2 is 1.71 bits per heavy atom. The highest BCUT2D eigenvalue weighted by Gasteiger charge is 2.21. The predicted molar refractivity (Wildman–Crippen MR) is 87.5 cm³/mol. The molecule has 0 unspecified atom stereocenters. The fraction of sp³-hybridized carbons (Fsp3) is 0.824. The minimum absolute atomic E-state index is 0.588. The summed E-state index contributed by atoms with van der Waals surface area (Å²) in [6, 6.07) is 0.588. The van der Waals surface area contributed by atoms with E-state index in [9.17, 15) is 0 Å². The maximum Gasteiger partial charge on any atom is 0.148 e. The molecule has 1 aromatic rings. The van der Waals surface area contributed by atoms with E-state index in [1.54, 1.807) is 0 Å². The van der Waals surface area contributed by atoms with Crippen LogP contribution in [0.3, 0.4) is 0 Å². The minimum atomic E-state index is 0.588. The lowest BCUT2D eigenvalue weighted by Gasteiger charge is -2.26. The van der Waals surface area contributed by atoms with Crippen LogP contribution in [0.2, 0.25) is 0 Å². The largest absolute Gasteiger partial charge is 0.382 e. The second-order valence-corrected chi connectivity index (χ2v) is 6.84. The fourth-order valence-electron chi connectivity index (χ4n) is 4.02. The van der Waals surface area contributed by atoms with Gasteiger partial charge in [-0.1, -0.05) is 25.7 Å². The summed E-state index contributed by atoms with van der Waals surface area (Å²) in [4.78, 5) is 2.58. The van der Waals surface area contributed by atoms with E-state index in [4.69, 9.17) is 5.73 Å². The molecule has 2 N–H and O–H groups in total. The van der Waals surface area contributed by atoms with E-state index in [0.29, 0.717) is 6.04 Å². The molecule has 0 radical (unpaired) electrons. The highest BCUT2D eigenvalue weighted by molar-refractivity contribution is 5.42. The zero-order chi connectivity index (χ0) is 14.7. The number of aromatic nitrogens is 2. The van der Waals surface area contributed by atoms with E-state index in [0.717, 1.165) is 18.8 Å². The number of piperidine rings is 1. The number of hydrogen-bond acceptors (Lipinski definition) is 3. The first-order valence-corrected chi connectivity index (χ1v) is 8.81. The van der Waals surface area contributed by atoms with Gasteiger partial charge in [0, 0.05) is 17.8 Å². The number of nitrogens with zero attached hydrogens (tertiary/aromatic N) is 3. The van der Waals surface area contributed by atoms with E-state index in [1.807, 2.05) is 0 Å². The van der Waals surface area contributed by atoms with Crippen molar-refractivity contribution in [1.29, 1.82) is 0 Å². The lowest BCUT2D eigenvalue weighted by Crippen LogP contribution is -2.31. The molecule has 21 heavy (non-hydrogen) atoms. The summed E-state index contributed by atoms with van der Waals surface area (Å²) in [6.45, 7) is 5.87. The summed E-state index contributed by atoms with van der Waals surface area (Å²) in [5, 5.41) is 4.67. The van der Waals surface area contributed by atoms with Crippen LogP contribution < -0.4 is 5.73 Å². The molecule has 0 aromatic carbocycles. The van der Waals surface area contributed by atoms with Crippen molar-refractivity contribution in [3.63, 3.8) is 0 Å². The molecule has 1 saturated heterocycles. The average Bonchev–Trinajstić information content (AvgIpc) is 2.82. The maximum atomic E-state index is 6.21. The molecule has 1 aliphatic heterocycles. The first-order chi connectivity index (χ1) is 10.3. The Kier molecular flexibility index (Phi) is 4.84. The summed E-state index contributed by atoms with van der Waals surface area (Å²) >= 11 is 0. The minimum Gasteiger partial charge on any atom is -0.382 e. The zero-order valence-corrected chi connectivity index (χ0v) is 13.5. The zero-order valence-electron chi connectivity index (χ0n) is 13.5. The van der Waals surface area contributed by atoms with E-state index >= 15 is 0 Å². The van der Waals surface area contributed by atoms with E-state index in [-0.39, 0.29) is 0 Å². The molecule has 4 nitrogen and oxygen atoms in total. The van der Waals surface area contributed by atoms with Crippen LogP contribution in [0.5, 0.6) is 0 Å². The molecule has 1 saturated carbocycles. The first-order valence-electron chi connectivity index (χ1n) is 8.81. The molecular formula is C17H30N4. The van der Waals surface area contributed by atoms with Gasteiger partial charge >= 0.3 is 0 Å². The second kappa shape index (κ2) is 6.82. The SMILES string of the molecule is Cc1c(CCN2CCCCC2)c(N)nn1C1CCCCC1. The molecule has 2 aliphatic rings. The Bertz CT molecular complexity index is 454. The van der Waals surface area contributed by atoms with Crippen molar-refractivity contribution in [2.45, 2.75) is 70.8 Å². The molecule has 0 amide bonds. The smallest absolute Gasteiger partial charge is 0.148 e. The molecule has 1 aliphatic carbocycles. The number of nitrogen functional groups attached to an aromatic ring is 1. The Hall–Kier alpha value is -1.03. The molecule has 4 heteroatoms. The van der Waals surface area contributed by atoms with E-state index in [1.165, 1.54) is 75.7 Å². The van der Waals surface area contributed by atoms with Gasteiger partial charge in [-0.05, 0) is 52.1 Å². The molecule has 1 aromatic heterocycles. The maximum absolute atomic E-state index is 6.21. The molecule has 0 atom stereocenters. The van der Waals surface area contributed by atoms with Crippen LogP contribution in [0.25, 0.3) is 0 Å². The normalized spacial score (nSPS) is 21.8. The van der Waals surface area contributed by atoms with Crippen molar-refractivity contribution in [2.75, 3.05) is 25.4 Å². The van der Waals surface area contributed by atoms with Crippen LogP contribution in [0, 0.1) is 6.92 Å². The third kappa shape index (κ3) is 3.42. The summed E-state index contributed by atoms with van der Waals surface area (Å²) in [7, 11) is 0. The van der Waals surface area contributed by atoms with Gasteiger partial charge in [-0.2, -0.15) is 5.10 Å². The van der Waals surface area contributed by atoms with Crippen molar-refractivity contribution in [2.24, 2.45) is 0 Å². The Balaban J connectivity index is 1.65. The van der Waals surface area contributed by atoms with Crippen LogP contribution in [-0.2, 0) is 6.42 Å². The van der Waals surface area contributed by atoms with Crippen LogP contribution in [0.15, 0.2) is 0 Å². The van der Waals surface area contributed by atoms with Gasteiger partial charge in [0.15, 0.2) is 0 Å². The lowest BCUT2D eigenvalue weighted by atomic mass is 9.95. The first kappa shape index (κ1) is 14.9. The van der Waals surface area contributed by atoms with Crippen LogP contribution in [0.4, 0.5) is 5.82 Å². The topological polar surface area (TPSA) is 47.1 Å². The van der Waals surface area contributed by atoms with Gasteiger partial charge in [-0.15, -0.1) is 0 Å². The summed E-state index contributed by atoms with van der Waals surface area (Å²) in [5.41, 5.74) is 8.83. The van der Waals surface area contributed by atoms with E-state index in [2.05, 4.69) is 21.6 Å². The fourth-order valence-corrected chi connectivity index (χ4v) is 4.02. The van der Waals surface area contributed by atoms with Crippen LogP contribution in [0.1, 0.15) is 68.7 Å². The van der Waals surface area contributed by atoms with Crippen molar-refractivity contribution < 1.29 is 0 Å². The van der Waals surface area contributed by atoms with Gasteiger partial charge < -0.3 is 10.6 Å². The summed E-state index contributed by atoms with van der Waals surface area (Å²) < 4.78 is 2.24. The number of hydrogen-bond donors (Lipinski definition) is 1. The Morgan fingerprint density at radius 3 is 2.43 bits per heavy atom. The molecular weight excluding hydrogens is 260 g/mol. The number of rotatable bonds is 4. The van der Waals surface area contributed by atoms with Crippen LogP contribution >= 0.6 is 0 Å². The number of nitrogens with two attached hydrogens (primary N) is 1. The lowest BCUT2D eigenvalue weighted by molar-refractivity contribution is 0.231. The predicted octanol–water partition coefficient (Wildman–Crippen LogP) is 3.31. The molecule has 2 heterocycles. The van der Waals surface area contributed by atoms with Crippen molar-refractivity contribution in [3.8, 4) is 0 Å². The average molecular weight is 290 g/mol. The molecule has 2 fully saturated rings. The van der Waals surface area contributed by atoms with Gasteiger partial charge in [0.25, 0.3) is 0 Å². The molecule has 0 bridgehead atoms. The van der Waals surface area contributed by atoms with Gasteiger partial charge in [-0.25, -0.2) is 0 Å². The van der Waals surface area contributed by atoms with Gasteiger partial charge in [0.2, 0.25) is 0 Å². The van der Waals surface area contributed by atoms with Crippen molar-refractivity contribution in [1.82, 2.24) is 14.7 Å². The third-order valence-corrected chi connectivity index (χ3v) is 5.35. The number of anilines is 1. The molecule has 3 rings (SSSR count). The summed E-state index contributed by atoms with van der Waals surface area (Å²) in [6.07, 6.45) is 11.8. The Morgan fingerprint density at radius 1 is 1.05 bits per heavy atom. The highest BCUT2D eigenvalue weighted by Crippen LogP contribution is 2.31. The van der Waals surface area contributed by atoms with Crippen molar-refractivity contribution >= 4 is 5.82 Å². The quantitative estimate of drug-likeness (QED) is 0.925. The molecule has 118 valence electrons. The van der Waals surface area contributed by atoms with E-state index < -0.39 is 0 Å². The highest BCUT2D eigenvalue weighted by atomic mass is 15.3. The van der Waals surface area contributed by atoms with Gasteiger partial charge in [0.05, 0.1) is 6.04 Å². The summed E-state index contributed by atoms with van der Waals surface area (Å²) in [5.74, 6) is 0.773. The van der Waals surface area contributed by atoms with Crippen LogP contribution in [-0.4, -0.2) is 34.3 Å². The van der Waals surface area contributed by atoms with Crippen molar-refractivity contribution in [3.05, 3.63) is 11.3 Å². The Labute approximate surface area is 128 Å². The number of likely N-dealkylation sites (tertiary alicyclic amines) is 1. The molecule has 0 spiro atoms. The third-order valence-electron chi connectivity index (χ3n) is 5.35. The van der Waals surface area contributed by atoms with Gasteiger partial charge in [-0.3, -0.25) is 4.68 Å².